The van der Waals surface area contributed by atoms with Gasteiger partial charge < -0.3 is 21.1 Å². The topological polar surface area (TPSA) is 128 Å². The van der Waals surface area contributed by atoms with E-state index in [2.05, 4.69) is 10.6 Å². The molecule has 3 amide bonds. The standard InChI is InChI=1S/C19H33N3O5/c1-7-18(5,6)11-12(21-16(26)27-17(2,3)4)15(25)22-19(9-8-10-19)13(23)14(20)24/h12H,7-11H2,1-6H3,(H2,20,24)(H,21,26)(H,22,25)/t12-/m0/s1. The van der Waals surface area contributed by atoms with E-state index in [4.69, 9.17) is 10.5 Å². The molecule has 8 heteroatoms. The number of ketones is 1. The molecule has 1 rings (SSSR count). The number of ether oxygens (including phenoxy) is 1. The molecule has 0 aromatic carbocycles. The maximum absolute atomic E-state index is 12.9. The lowest BCUT2D eigenvalue weighted by Gasteiger charge is -2.41. The highest BCUT2D eigenvalue weighted by molar-refractivity contribution is 6.39. The maximum Gasteiger partial charge on any atom is 0.408 e. The number of alkyl carbamates (subject to hydrolysis) is 1. The number of hydrogen-bond acceptors (Lipinski definition) is 5. The van der Waals surface area contributed by atoms with Crippen molar-refractivity contribution in [3.05, 3.63) is 0 Å². The molecule has 0 radical (unpaired) electrons. The number of primary amides is 1. The van der Waals surface area contributed by atoms with Crippen LogP contribution in [0.2, 0.25) is 0 Å². The third-order valence-corrected chi connectivity index (χ3v) is 4.95. The van der Waals surface area contributed by atoms with E-state index in [1.165, 1.54) is 0 Å². The van der Waals surface area contributed by atoms with Gasteiger partial charge in [-0.15, -0.1) is 0 Å². The molecule has 0 aliphatic heterocycles. The molecule has 1 fully saturated rings. The number of rotatable bonds is 8. The van der Waals surface area contributed by atoms with Gasteiger partial charge in [-0.25, -0.2) is 4.79 Å². The van der Waals surface area contributed by atoms with Gasteiger partial charge in [-0.2, -0.15) is 0 Å². The zero-order valence-electron chi connectivity index (χ0n) is 17.2. The van der Waals surface area contributed by atoms with Crippen molar-refractivity contribution in [3.8, 4) is 0 Å². The van der Waals surface area contributed by atoms with Crippen molar-refractivity contribution in [3.63, 3.8) is 0 Å². The average Bonchev–Trinajstić information content (AvgIpc) is 2.47. The van der Waals surface area contributed by atoms with Crippen molar-refractivity contribution >= 4 is 23.7 Å². The van der Waals surface area contributed by atoms with Crippen molar-refractivity contribution in [2.24, 2.45) is 11.1 Å². The van der Waals surface area contributed by atoms with Crippen LogP contribution in [-0.4, -0.2) is 40.9 Å². The Morgan fingerprint density at radius 3 is 2.04 bits per heavy atom. The summed E-state index contributed by atoms with van der Waals surface area (Å²) in [5, 5.41) is 5.27. The van der Waals surface area contributed by atoms with Crippen LogP contribution in [0.4, 0.5) is 4.79 Å². The molecule has 8 nitrogen and oxygen atoms in total. The van der Waals surface area contributed by atoms with Gasteiger partial charge in [-0.1, -0.05) is 27.2 Å². The number of carbonyl (C=O) groups is 4. The second-order valence-electron chi connectivity index (χ2n) is 9.04. The fourth-order valence-electron chi connectivity index (χ4n) is 2.85. The second-order valence-corrected chi connectivity index (χ2v) is 9.04. The first-order valence-corrected chi connectivity index (χ1v) is 9.37. The van der Waals surface area contributed by atoms with Gasteiger partial charge in [0.1, 0.15) is 17.2 Å². The fraction of sp³-hybridized carbons (Fsp3) is 0.789. The number of carbonyl (C=O) groups excluding carboxylic acids is 4. The van der Waals surface area contributed by atoms with Crippen molar-refractivity contribution in [1.82, 2.24) is 10.6 Å². The molecular formula is C19H33N3O5. The minimum Gasteiger partial charge on any atom is -0.444 e. The first kappa shape index (κ1) is 22.9. The molecule has 0 aromatic rings. The molecule has 0 bridgehead atoms. The highest BCUT2D eigenvalue weighted by Crippen LogP contribution is 2.33. The number of amides is 3. The third kappa shape index (κ3) is 6.52. The summed E-state index contributed by atoms with van der Waals surface area (Å²) in [5.74, 6) is -2.38. The number of nitrogens with one attached hydrogen (secondary N) is 2. The monoisotopic (exact) mass is 383 g/mol. The van der Waals surface area contributed by atoms with E-state index in [1.54, 1.807) is 20.8 Å². The van der Waals surface area contributed by atoms with Crippen LogP contribution in [0.15, 0.2) is 0 Å². The molecule has 0 aromatic heterocycles. The summed E-state index contributed by atoms with van der Waals surface area (Å²) in [7, 11) is 0. The molecule has 0 spiro atoms. The van der Waals surface area contributed by atoms with Crippen molar-refractivity contribution in [2.75, 3.05) is 0 Å². The number of nitrogens with two attached hydrogens (primary N) is 1. The fourth-order valence-corrected chi connectivity index (χ4v) is 2.85. The van der Waals surface area contributed by atoms with Crippen molar-refractivity contribution in [2.45, 2.75) is 90.8 Å². The molecule has 1 aliphatic carbocycles. The Morgan fingerprint density at radius 1 is 1.11 bits per heavy atom. The Labute approximate surface area is 161 Å². The smallest absolute Gasteiger partial charge is 0.408 e. The lowest BCUT2D eigenvalue weighted by molar-refractivity contribution is -0.144. The van der Waals surface area contributed by atoms with Crippen molar-refractivity contribution in [1.29, 1.82) is 0 Å². The summed E-state index contributed by atoms with van der Waals surface area (Å²) >= 11 is 0. The first-order chi connectivity index (χ1) is 12.2. The Balaban J connectivity index is 2.97. The molecule has 1 aliphatic rings. The van der Waals surface area contributed by atoms with E-state index in [1.807, 2.05) is 20.8 Å². The first-order valence-electron chi connectivity index (χ1n) is 9.37. The molecule has 1 atom stereocenters. The van der Waals surface area contributed by atoms with E-state index in [-0.39, 0.29) is 5.41 Å². The Bertz CT molecular complexity index is 603. The zero-order valence-corrected chi connectivity index (χ0v) is 17.2. The van der Waals surface area contributed by atoms with Gasteiger partial charge in [-0.3, -0.25) is 14.4 Å². The van der Waals surface area contributed by atoms with Gasteiger partial charge >= 0.3 is 6.09 Å². The summed E-state index contributed by atoms with van der Waals surface area (Å²) in [5.41, 5.74) is 2.94. The summed E-state index contributed by atoms with van der Waals surface area (Å²) in [6, 6.07) is -0.895. The molecule has 154 valence electrons. The summed E-state index contributed by atoms with van der Waals surface area (Å²) in [6.45, 7) is 11.1. The Hall–Kier alpha value is -2.12. The molecular weight excluding hydrogens is 350 g/mol. The predicted molar refractivity (Wildman–Crippen MR) is 101 cm³/mol. The van der Waals surface area contributed by atoms with Gasteiger partial charge in [0.25, 0.3) is 5.91 Å². The summed E-state index contributed by atoms with van der Waals surface area (Å²) < 4.78 is 5.25. The SMILES string of the molecule is CCC(C)(C)C[C@H](NC(=O)OC(C)(C)C)C(=O)NC1(C(=O)C(N)=O)CCC1. The molecule has 1 saturated carbocycles. The lowest BCUT2D eigenvalue weighted by Crippen LogP contribution is -2.65. The van der Waals surface area contributed by atoms with E-state index in [0.29, 0.717) is 25.7 Å². The molecule has 27 heavy (non-hydrogen) atoms. The minimum absolute atomic E-state index is 0.225. The average molecular weight is 383 g/mol. The van der Waals surface area contributed by atoms with Gasteiger partial charge in [0.05, 0.1) is 0 Å². The normalized spacial score (nSPS) is 17.3. The number of Topliss-reactive ketones (excluding diaryl/α,β-unsaturated/α-hetero) is 1. The second kappa shape index (κ2) is 8.27. The maximum atomic E-state index is 12.9. The van der Waals surface area contributed by atoms with E-state index < -0.39 is 40.9 Å². The van der Waals surface area contributed by atoms with Crippen LogP contribution in [0.5, 0.6) is 0 Å². The number of hydrogen-bond donors (Lipinski definition) is 3. The largest absolute Gasteiger partial charge is 0.444 e. The molecule has 0 unspecified atom stereocenters. The summed E-state index contributed by atoms with van der Waals surface area (Å²) in [6.07, 6.45) is 1.86. The van der Waals surface area contributed by atoms with Crippen LogP contribution in [0.3, 0.4) is 0 Å². The molecule has 0 heterocycles. The van der Waals surface area contributed by atoms with Crippen LogP contribution in [-0.2, 0) is 19.1 Å². The summed E-state index contributed by atoms with van der Waals surface area (Å²) in [4.78, 5) is 48.6. The van der Waals surface area contributed by atoms with Crippen LogP contribution in [0, 0.1) is 5.41 Å². The van der Waals surface area contributed by atoms with Gasteiger partial charge in [-0.05, 0) is 51.9 Å². The van der Waals surface area contributed by atoms with Gasteiger partial charge in [0.2, 0.25) is 11.7 Å². The zero-order chi connectivity index (χ0) is 21.0. The highest BCUT2D eigenvalue weighted by atomic mass is 16.6. The Kier molecular flexibility index (Phi) is 7.02. The van der Waals surface area contributed by atoms with Crippen LogP contribution >= 0.6 is 0 Å². The molecule has 4 N–H and O–H groups in total. The van der Waals surface area contributed by atoms with Crippen molar-refractivity contribution < 1.29 is 23.9 Å². The Morgan fingerprint density at radius 2 is 1.67 bits per heavy atom. The molecule has 0 saturated heterocycles. The lowest BCUT2D eigenvalue weighted by atomic mass is 9.73. The van der Waals surface area contributed by atoms with Gasteiger partial charge in [0, 0.05) is 0 Å². The van der Waals surface area contributed by atoms with Gasteiger partial charge in [0.15, 0.2) is 0 Å². The quantitative estimate of drug-likeness (QED) is 0.551. The van der Waals surface area contributed by atoms with Crippen LogP contribution in [0.25, 0.3) is 0 Å². The minimum atomic E-state index is -1.26. The third-order valence-electron chi connectivity index (χ3n) is 4.95. The van der Waals surface area contributed by atoms with E-state index in [0.717, 1.165) is 6.42 Å². The predicted octanol–water partition coefficient (Wildman–Crippen LogP) is 1.80. The van der Waals surface area contributed by atoms with Crippen LogP contribution in [0.1, 0.15) is 73.6 Å². The van der Waals surface area contributed by atoms with Crippen LogP contribution < -0.4 is 16.4 Å². The highest BCUT2D eigenvalue weighted by Gasteiger charge is 2.48. The van der Waals surface area contributed by atoms with E-state index >= 15 is 0 Å². The van der Waals surface area contributed by atoms with E-state index in [9.17, 15) is 19.2 Å².